The summed E-state index contributed by atoms with van der Waals surface area (Å²) in [6, 6.07) is 18.6. The molecule has 0 saturated carbocycles. The van der Waals surface area contributed by atoms with Gasteiger partial charge in [-0.25, -0.2) is 0 Å². The molecule has 0 aliphatic carbocycles. The van der Waals surface area contributed by atoms with Crippen LogP contribution in [0.5, 0.6) is 0 Å². The maximum Gasteiger partial charge on any atom is 0.0737 e. The first-order chi connectivity index (χ1) is 12.8. The Kier molecular flexibility index (Phi) is 5.23. The maximum absolute atomic E-state index is 6.06. The number of halogens is 1. The predicted octanol–water partition coefficient (Wildman–Crippen LogP) is 4.12. The van der Waals surface area contributed by atoms with E-state index in [-0.39, 0.29) is 0 Å². The molecule has 2 heterocycles. The van der Waals surface area contributed by atoms with E-state index in [2.05, 4.69) is 50.4 Å². The number of piperazine rings is 1. The van der Waals surface area contributed by atoms with Crippen LogP contribution in [-0.4, -0.2) is 49.2 Å². The third-order valence-corrected chi connectivity index (χ3v) is 5.18. The standard InChI is InChI=1S/C21H23ClN4/c22-17-6-7-19-20(8-9-23-21(19)16-17)24-10-11-25-12-14-26(15-13-25)18-4-2-1-3-5-18/h1-9,16H,10-15H2,(H,23,24). The molecule has 26 heavy (non-hydrogen) atoms. The molecule has 1 saturated heterocycles. The summed E-state index contributed by atoms with van der Waals surface area (Å²) in [5.41, 5.74) is 3.38. The summed E-state index contributed by atoms with van der Waals surface area (Å²) in [7, 11) is 0. The van der Waals surface area contributed by atoms with E-state index in [4.69, 9.17) is 11.6 Å². The minimum absolute atomic E-state index is 0.721. The molecule has 1 aliphatic heterocycles. The first kappa shape index (κ1) is 17.1. The van der Waals surface area contributed by atoms with Gasteiger partial charge in [0.2, 0.25) is 0 Å². The Bertz CT molecular complexity index is 860. The topological polar surface area (TPSA) is 31.4 Å². The Morgan fingerprint density at radius 1 is 0.962 bits per heavy atom. The van der Waals surface area contributed by atoms with E-state index in [9.17, 15) is 0 Å². The van der Waals surface area contributed by atoms with Crippen molar-refractivity contribution in [3.63, 3.8) is 0 Å². The smallest absolute Gasteiger partial charge is 0.0737 e. The first-order valence-electron chi connectivity index (χ1n) is 9.10. The van der Waals surface area contributed by atoms with Gasteiger partial charge in [-0.1, -0.05) is 29.8 Å². The predicted molar refractivity (Wildman–Crippen MR) is 110 cm³/mol. The molecular weight excluding hydrogens is 344 g/mol. The second-order valence-corrected chi connectivity index (χ2v) is 7.05. The molecule has 0 radical (unpaired) electrons. The Balaban J connectivity index is 1.30. The van der Waals surface area contributed by atoms with Gasteiger partial charge < -0.3 is 10.2 Å². The minimum atomic E-state index is 0.721. The van der Waals surface area contributed by atoms with Crippen LogP contribution in [0.1, 0.15) is 0 Å². The van der Waals surface area contributed by atoms with E-state index in [0.29, 0.717) is 0 Å². The summed E-state index contributed by atoms with van der Waals surface area (Å²) >= 11 is 6.06. The first-order valence-corrected chi connectivity index (χ1v) is 9.48. The van der Waals surface area contributed by atoms with E-state index in [1.807, 2.05) is 30.5 Å². The molecule has 3 aromatic rings. The van der Waals surface area contributed by atoms with Crippen LogP contribution in [0.2, 0.25) is 5.02 Å². The molecule has 0 unspecified atom stereocenters. The van der Waals surface area contributed by atoms with Crippen molar-refractivity contribution in [3.8, 4) is 0 Å². The number of para-hydroxylation sites is 1. The Morgan fingerprint density at radius 2 is 1.77 bits per heavy atom. The van der Waals surface area contributed by atoms with E-state index in [1.54, 1.807) is 0 Å². The lowest BCUT2D eigenvalue weighted by atomic mass is 10.2. The van der Waals surface area contributed by atoms with E-state index in [0.717, 1.165) is 60.9 Å². The van der Waals surface area contributed by atoms with Crippen LogP contribution in [0, 0.1) is 0 Å². The number of nitrogens with one attached hydrogen (secondary N) is 1. The highest BCUT2D eigenvalue weighted by atomic mass is 35.5. The minimum Gasteiger partial charge on any atom is -0.383 e. The quantitative estimate of drug-likeness (QED) is 0.736. The maximum atomic E-state index is 6.06. The molecule has 2 aromatic carbocycles. The number of aromatic nitrogens is 1. The van der Waals surface area contributed by atoms with Crippen molar-refractivity contribution in [1.29, 1.82) is 0 Å². The SMILES string of the molecule is Clc1ccc2c(NCCN3CCN(c4ccccc4)CC3)ccnc2c1. The van der Waals surface area contributed by atoms with Gasteiger partial charge in [0.25, 0.3) is 0 Å². The molecule has 0 amide bonds. The normalized spacial score (nSPS) is 15.3. The second-order valence-electron chi connectivity index (χ2n) is 6.61. The highest BCUT2D eigenvalue weighted by Crippen LogP contribution is 2.24. The zero-order valence-electron chi connectivity index (χ0n) is 14.7. The zero-order valence-corrected chi connectivity index (χ0v) is 15.5. The molecule has 1 aliphatic rings. The van der Waals surface area contributed by atoms with Gasteiger partial charge in [-0.3, -0.25) is 9.88 Å². The second kappa shape index (κ2) is 7.94. The third kappa shape index (κ3) is 3.92. The Labute approximate surface area is 159 Å². The van der Waals surface area contributed by atoms with Crippen LogP contribution >= 0.6 is 11.6 Å². The lowest BCUT2D eigenvalue weighted by Crippen LogP contribution is -2.47. The molecule has 0 spiro atoms. The van der Waals surface area contributed by atoms with Crippen LogP contribution in [-0.2, 0) is 0 Å². The van der Waals surface area contributed by atoms with Gasteiger partial charge in [0.15, 0.2) is 0 Å². The lowest BCUT2D eigenvalue weighted by molar-refractivity contribution is 0.267. The number of pyridine rings is 1. The van der Waals surface area contributed by atoms with Crippen molar-refractivity contribution in [2.75, 3.05) is 49.5 Å². The van der Waals surface area contributed by atoms with Crippen LogP contribution < -0.4 is 10.2 Å². The van der Waals surface area contributed by atoms with E-state index in [1.165, 1.54) is 5.69 Å². The van der Waals surface area contributed by atoms with Gasteiger partial charge in [0, 0.05) is 67.2 Å². The van der Waals surface area contributed by atoms with Gasteiger partial charge in [0.05, 0.1) is 5.52 Å². The Morgan fingerprint density at radius 3 is 2.58 bits per heavy atom. The molecular formula is C21H23ClN4. The number of hydrogen-bond acceptors (Lipinski definition) is 4. The largest absolute Gasteiger partial charge is 0.383 e. The fraction of sp³-hybridized carbons (Fsp3) is 0.286. The molecule has 4 nitrogen and oxygen atoms in total. The molecule has 1 aromatic heterocycles. The number of nitrogens with zero attached hydrogens (tertiary/aromatic N) is 3. The van der Waals surface area contributed by atoms with Gasteiger partial charge in [-0.2, -0.15) is 0 Å². The molecule has 134 valence electrons. The summed E-state index contributed by atoms with van der Waals surface area (Å²) in [6.07, 6.45) is 1.83. The Hall–Kier alpha value is -2.30. The van der Waals surface area contributed by atoms with Gasteiger partial charge in [-0.15, -0.1) is 0 Å². The summed E-state index contributed by atoms with van der Waals surface area (Å²) in [6.45, 7) is 6.33. The van der Waals surface area contributed by atoms with Crippen molar-refractivity contribution < 1.29 is 0 Å². The number of rotatable bonds is 5. The van der Waals surface area contributed by atoms with Crippen molar-refractivity contribution in [2.24, 2.45) is 0 Å². The van der Waals surface area contributed by atoms with Crippen LogP contribution in [0.4, 0.5) is 11.4 Å². The van der Waals surface area contributed by atoms with Gasteiger partial charge >= 0.3 is 0 Å². The van der Waals surface area contributed by atoms with Crippen molar-refractivity contribution in [2.45, 2.75) is 0 Å². The van der Waals surface area contributed by atoms with Crippen LogP contribution in [0.25, 0.3) is 10.9 Å². The summed E-state index contributed by atoms with van der Waals surface area (Å²) < 4.78 is 0. The molecule has 5 heteroatoms. The zero-order chi connectivity index (χ0) is 17.8. The van der Waals surface area contributed by atoms with Gasteiger partial charge in [-0.05, 0) is 36.4 Å². The average Bonchev–Trinajstić information content (AvgIpc) is 2.69. The van der Waals surface area contributed by atoms with Crippen molar-refractivity contribution >= 4 is 33.9 Å². The highest BCUT2D eigenvalue weighted by molar-refractivity contribution is 6.31. The molecule has 1 N–H and O–H groups in total. The number of benzene rings is 2. The fourth-order valence-corrected chi connectivity index (χ4v) is 3.66. The lowest BCUT2D eigenvalue weighted by Gasteiger charge is -2.36. The number of anilines is 2. The highest BCUT2D eigenvalue weighted by Gasteiger charge is 2.16. The third-order valence-electron chi connectivity index (χ3n) is 4.94. The summed E-state index contributed by atoms with van der Waals surface area (Å²) in [5, 5.41) is 5.40. The molecule has 0 bridgehead atoms. The van der Waals surface area contributed by atoms with Crippen molar-refractivity contribution in [3.05, 3.63) is 65.8 Å². The monoisotopic (exact) mass is 366 g/mol. The van der Waals surface area contributed by atoms with E-state index >= 15 is 0 Å². The summed E-state index contributed by atoms with van der Waals surface area (Å²) in [4.78, 5) is 9.38. The van der Waals surface area contributed by atoms with Crippen LogP contribution in [0.3, 0.4) is 0 Å². The number of hydrogen-bond donors (Lipinski definition) is 1. The average molecular weight is 367 g/mol. The van der Waals surface area contributed by atoms with Gasteiger partial charge in [0.1, 0.15) is 0 Å². The fourth-order valence-electron chi connectivity index (χ4n) is 3.49. The molecule has 4 rings (SSSR count). The summed E-state index contributed by atoms with van der Waals surface area (Å²) in [5.74, 6) is 0. The molecule has 1 fully saturated rings. The van der Waals surface area contributed by atoms with E-state index < -0.39 is 0 Å². The van der Waals surface area contributed by atoms with Crippen molar-refractivity contribution in [1.82, 2.24) is 9.88 Å². The number of fused-ring (bicyclic) bond motifs is 1. The molecule has 0 atom stereocenters. The van der Waals surface area contributed by atoms with Crippen LogP contribution in [0.15, 0.2) is 60.8 Å².